The molecule has 1 aromatic carbocycles. The summed E-state index contributed by atoms with van der Waals surface area (Å²) in [6, 6.07) is 8.26. The molecule has 1 amide bonds. The first kappa shape index (κ1) is 13.9. The highest BCUT2D eigenvalue weighted by atomic mass is 16.5. The summed E-state index contributed by atoms with van der Waals surface area (Å²) in [7, 11) is 3.24. The van der Waals surface area contributed by atoms with E-state index >= 15 is 0 Å². The molecule has 19 heavy (non-hydrogen) atoms. The van der Waals surface area contributed by atoms with Gasteiger partial charge in [0.05, 0.1) is 7.11 Å². The molecule has 0 N–H and O–H groups in total. The normalized spacial score (nSPS) is 18.6. The van der Waals surface area contributed by atoms with Crippen LogP contribution in [0, 0.1) is 0 Å². The first-order valence-electron chi connectivity index (χ1n) is 6.66. The summed E-state index contributed by atoms with van der Waals surface area (Å²) in [5, 5.41) is 0. The highest BCUT2D eigenvalue weighted by Crippen LogP contribution is 2.26. The number of rotatable bonds is 5. The van der Waals surface area contributed by atoms with Gasteiger partial charge in [0.25, 0.3) is 0 Å². The van der Waals surface area contributed by atoms with Crippen molar-refractivity contribution >= 4 is 5.91 Å². The van der Waals surface area contributed by atoms with Crippen LogP contribution in [0.25, 0.3) is 0 Å². The van der Waals surface area contributed by atoms with Crippen molar-refractivity contribution in [1.29, 1.82) is 0 Å². The molecule has 0 saturated carbocycles. The van der Waals surface area contributed by atoms with E-state index in [2.05, 4.69) is 6.07 Å². The Kier molecular flexibility index (Phi) is 4.80. The van der Waals surface area contributed by atoms with E-state index in [4.69, 9.17) is 9.47 Å². The van der Waals surface area contributed by atoms with Gasteiger partial charge in [-0.2, -0.15) is 0 Å². The van der Waals surface area contributed by atoms with Crippen LogP contribution < -0.4 is 4.74 Å². The Balaban J connectivity index is 2.07. The van der Waals surface area contributed by atoms with Gasteiger partial charge in [0.1, 0.15) is 12.4 Å². The van der Waals surface area contributed by atoms with E-state index in [0.717, 1.165) is 37.1 Å². The van der Waals surface area contributed by atoms with Crippen LogP contribution >= 0.6 is 0 Å². The Morgan fingerprint density at radius 3 is 2.89 bits per heavy atom. The molecular weight excluding hydrogens is 242 g/mol. The van der Waals surface area contributed by atoms with E-state index in [1.165, 1.54) is 0 Å². The van der Waals surface area contributed by atoms with Crippen molar-refractivity contribution in [1.82, 2.24) is 4.90 Å². The summed E-state index contributed by atoms with van der Waals surface area (Å²) >= 11 is 0. The fourth-order valence-corrected chi connectivity index (χ4v) is 2.71. The standard InChI is InChI=1S/C15H21NO3/c1-18-11-15(17)16-9-5-7-13(16)10-12-6-3-4-8-14(12)19-2/h3-4,6,8,13H,5,7,9-11H2,1-2H3. The fourth-order valence-electron chi connectivity index (χ4n) is 2.71. The lowest BCUT2D eigenvalue weighted by Gasteiger charge is -2.25. The number of para-hydroxylation sites is 1. The molecule has 1 unspecified atom stereocenters. The molecule has 4 nitrogen and oxygen atoms in total. The maximum Gasteiger partial charge on any atom is 0.248 e. The van der Waals surface area contributed by atoms with Crippen molar-refractivity contribution in [3.8, 4) is 5.75 Å². The molecule has 1 aliphatic rings. The van der Waals surface area contributed by atoms with Crippen molar-refractivity contribution in [2.24, 2.45) is 0 Å². The molecule has 1 fully saturated rings. The summed E-state index contributed by atoms with van der Waals surface area (Å²) in [5.41, 5.74) is 1.16. The maximum atomic E-state index is 12.0. The average molecular weight is 263 g/mol. The van der Waals surface area contributed by atoms with Gasteiger partial charge in [-0.15, -0.1) is 0 Å². The molecule has 2 rings (SSSR count). The zero-order valence-corrected chi connectivity index (χ0v) is 11.6. The number of carbonyl (C=O) groups excluding carboxylic acids is 1. The lowest BCUT2D eigenvalue weighted by Crippen LogP contribution is -2.38. The molecule has 0 radical (unpaired) electrons. The Labute approximate surface area is 114 Å². The molecule has 1 aliphatic heterocycles. The van der Waals surface area contributed by atoms with Gasteiger partial charge < -0.3 is 14.4 Å². The van der Waals surface area contributed by atoms with Crippen LogP contribution in [0.1, 0.15) is 18.4 Å². The average Bonchev–Trinajstić information content (AvgIpc) is 2.88. The van der Waals surface area contributed by atoms with E-state index in [-0.39, 0.29) is 18.6 Å². The number of carbonyl (C=O) groups is 1. The lowest BCUT2D eigenvalue weighted by atomic mass is 10.0. The molecular formula is C15H21NO3. The third-order valence-corrected chi connectivity index (χ3v) is 3.61. The van der Waals surface area contributed by atoms with Crippen molar-refractivity contribution in [2.75, 3.05) is 27.4 Å². The predicted molar refractivity (Wildman–Crippen MR) is 73.3 cm³/mol. The second kappa shape index (κ2) is 6.57. The third-order valence-electron chi connectivity index (χ3n) is 3.61. The molecule has 1 atom stereocenters. The van der Waals surface area contributed by atoms with Crippen LogP contribution in [-0.4, -0.2) is 44.2 Å². The first-order valence-corrected chi connectivity index (χ1v) is 6.66. The minimum Gasteiger partial charge on any atom is -0.496 e. The summed E-state index contributed by atoms with van der Waals surface area (Å²) in [5.74, 6) is 0.980. The summed E-state index contributed by atoms with van der Waals surface area (Å²) in [4.78, 5) is 13.9. The van der Waals surface area contributed by atoms with Crippen molar-refractivity contribution in [3.63, 3.8) is 0 Å². The van der Waals surface area contributed by atoms with Gasteiger partial charge in [-0.1, -0.05) is 18.2 Å². The minimum absolute atomic E-state index is 0.0832. The lowest BCUT2D eigenvalue weighted by molar-refractivity contribution is -0.135. The van der Waals surface area contributed by atoms with Crippen LogP contribution in [0.15, 0.2) is 24.3 Å². The minimum atomic E-state index is 0.0832. The molecule has 1 heterocycles. The molecule has 104 valence electrons. The Hall–Kier alpha value is -1.55. The zero-order valence-electron chi connectivity index (χ0n) is 11.6. The van der Waals surface area contributed by atoms with Crippen LogP contribution in [0.5, 0.6) is 5.75 Å². The smallest absolute Gasteiger partial charge is 0.248 e. The molecule has 0 spiro atoms. The Morgan fingerprint density at radius 1 is 1.37 bits per heavy atom. The largest absolute Gasteiger partial charge is 0.496 e. The van der Waals surface area contributed by atoms with Crippen molar-refractivity contribution in [2.45, 2.75) is 25.3 Å². The highest BCUT2D eigenvalue weighted by Gasteiger charge is 2.29. The number of amides is 1. The van der Waals surface area contributed by atoms with E-state index in [0.29, 0.717) is 0 Å². The van der Waals surface area contributed by atoms with E-state index in [1.807, 2.05) is 23.1 Å². The number of ether oxygens (including phenoxy) is 2. The van der Waals surface area contributed by atoms with Gasteiger partial charge in [-0.05, 0) is 30.9 Å². The van der Waals surface area contributed by atoms with Crippen LogP contribution in [0.4, 0.5) is 0 Å². The third kappa shape index (κ3) is 3.26. The van der Waals surface area contributed by atoms with E-state index < -0.39 is 0 Å². The quantitative estimate of drug-likeness (QED) is 0.814. The van der Waals surface area contributed by atoms with Crippen LogP contribution in [-0.2, 0) is 16.0 Å². The number of nitrogens with zero attached hydrogens (tertiary/aromatic N) is 1. The molecule has 0 aliphatic carbocycles. The molecule has 0 bridgehead atoms. The summed E-state index contributed by atoms with van der Waals surface area (Å²) < 4.78 is 10.3. The van der Waals surface area contributed by atoms with Gasteiger partial charge >= 0.3 is 0 Å². The van der Waals surface area contributed by atoms with E-state index in [9.17, 15) is 4.79 Å². The summed E-state index contributed by atoms with van der Waals surface area (Å²) in [6.07, 6.45) is 2.96. The van der Waals surface area contributed by atoms with Crippen LogP contribution in [0.3, 0.4) is 0 Å². The van der Waals surface area contributed by atoms with E-state index in [1.54, 1.807) is 14.2 Å². The number of hydrogen-bond acceptors (Lipinski definition) is 3. The first-order chi connectivity index (χ1) is 9.26. The Morgan fingerprint density at radius 2 is 2.16 bits per heavy atom. The molecule has 1 saturated heterocycles. The second-order valence-corrected chi connectivity index (χ2v) is 4.83. The fraction of sp³-hybridized carbons (Fsp3) is 0.533. The second-order valence-electron chi connectivity index (χ2n) is 4.83. The molecule has 0 aromatic heterocycles. The van der Waals surface area contributed by atoms with Gasteiger partial charge in [0.2, 0.25) is 5.91 Å². The van der Waals surface area contributed by atoms with Gasteiger partial charge in [-0.25, -0.2) is 0 Å². The maximum absolute atomic E-state index is 12.0. The number of benzene rings is 1. The van der Waals surface area contributed by atoms with Crippen molar-refractivity contribution in [3.05, 3.63) is 29.8 Å². The topological polar surface area (TPSA) is 38.8 Å². The predicted octanol–water partition coefficient (Wildman–Crippen LogP) is 1.88. The SMILES string of the molecule is COCC(=O)N1CCCC1Cc1ccccc1OC. The van der Waals surface area contributed by atoms with Crippen molar-refractivity contribution < 1.29 is 14.3 Å². The number of hydrogen-bond donors (Lipinski definition) is 0. The van der Waals surface area contributed by atoms with Gasteiger partial charge in [0.15, 0.2) is 0 Å². The van der Waals surface area contributed by atoms with Crippen LogP contribution in [0.2, 0.25) is 0 Å². The molecule has 4 heteroatoms. The number of methoxy groups -OCH3 is 2. The number of likely N-dealkylation sites (tertiary alicyclic amines) is 1. The van der Waals surface area contributed by atoms with Gasteiger partial charge in [0, 0.05) is 19.7 Å². The van der Waals surface area contributed by atoms with Gasteiger partial charge in [-0.3, -0.25) is 4.79 Å². The highest BCUT2D eigenvalue weighted by molar-refractivity contribution is 5.78. The summed E-state index contributed by atoms with van der Waals surface area (Å²) in [6.45, 7) is 1.00. The Bertz CT molecular complexity index is 433. The zero-order chi connectivity index (χ0) is 13.7. The molecule has 1 aromatic rings. The monoisotopic (exact) mass is 263 g/mol.